The van der Waals surface area contributed by atoms with E-state index in [4.69, 9.17) is 4.74 Å². The zero-order valence-electron chi connectivity index (χ0n) is 8.42. The molecule has 0 fully saturated rings. The predicted molar refractivity (Wildman–Crippen MR) is 52.6 cm³/mol. The number of methoxy groups -OCH3 is 1. The fourth-order valence-electron chi connectivity index (χ4n) is 1.19. The second-order valence-corrected chi connectivity index (χ2v) is 3.09. The van der Waals surface area contributed by atoms with Crippen LogP contribution in [0.15, 0.2) is 4.99 Å². The van der Waals surface area contributed by atoms with Gasteiger partial charge in [0, 0.05) is 13.7 Å². The Hall–Kier alpha value is -0.660. The quantitative estimate of drug-likeness (QED) is 0.314. The second kappa shape index (κ2) is 11.3. The van der Waals surface area contributed by atoms with Crippen LogP contribution >= 0.6 is 0 Å². The highest BCUT2D eigenvalue weighted by Gasteiger charge is 1.90. The Bertz CT molecular complexity index is 142. The van der Waals surface area contributed by atoms with Crippen LogP contribution in [0.4, 0.5) is 0 Å². The molecule has 0 amide bonds. The van der Waals surface area contributed by atoms with Crippen LogP contribution in [-0.4, -0.2) is 26.3 Å². The molecule has 0 unspecified atom stereocenters. The lowest BCUT2D eigenvalue weighted by molar-refractivity contribution is 0.192. The fourth-order valence-corrected chi connectivity index (χ4v) is 1.19. The lowest BCUT2D eigenvalue weighted by Gasteiger charge is -1.99. The molecule has 0 aromatic heterocycles. The number of nitrogens with zero attached hydrogens (tertiary/aromatic N) is 1. The molecule has 0 aliphatic heterocycles. The molecule has 0 radical (unpaired) electrons. The summed E-state index contributed by atoms with van der Waals surface area (Å²) in [6, 6.07) is 0. The topological polar surface area (TPSA) is 38.7 Å². The molecule has 76 valence electrons. The third-order valence-electron chi connectivity index (χ3n) is 1.93. The Morgan fingerprint density at radius 1 is 1.08 bits per heavy atom. The van der Waals surface area contributed by atoms with Gasteiger partial charge in [0.15, 0.2) is 0 Å². The van der Waals surface area contributed by atoms with Gasteiger partial charge in [-0.05, 0) is 12.8 Å². The molecule has 0 N–H and O–H groups in total. The van der Waals surface area contributed by atoms with Gasteiger partial charge in [0.25, 0.3) is 0 Å². The lowest BCUT2D eigenvalue weighted by Crippen LogP contribution is -1.88. The predicted octanol–water partition coefficient (Wildman–Crippen LogP) is 2.31. The SMILES string of the molecule is COCCCCCCCCN=C=O. The van der Waals surface area contributed by atoms with E-state index in [9.17, 15) is 4.79 Å². The summed E-state index contributed by atoms with van der Waals surface area (Å²) in [5, 5.41) is 0. The van der Waals surface area contributed by atoms with Crippen molar-refractivity contribution in [2.75, 3.05) is 20.3 Å². The van der Waals surface area contributed by atoms with Gasteiger partial charge < -0.3 is 4.74 Å². The van der Waals surface area contributed by atoms with Crippen LogP contribution in [0.2, 0.25) is 0 Å². The summed E-state index contributed by atoms with van der Waals surface area (Å²) in [7, 11) is 1.73. The number of carbonyl (C=O) groups excluding carboxylic acids is 1. The summed E-state index contributed by atoms with van der Waals surface area (Å²) in [6.45, 7) is 1.51. The Kier molecular flexibility index (Phi) is 10.8. The molecule has 0 rings (SSSR count). The number of aliphatic imine (C=N–C) groups is 1. The van der Waals surface area contributed by atoms with Crippen molar-refractivity contribution in [3.63, 3.8) is 0 Å². The molecule has 0 bridgehead atoms. The number of rotatable bonds is 9. The van der Waals surface area contributed by atoms with E-state index < -0.39 is 0 Å². The van der Waals surface area contributed by atoms with E-state index in [0.717, 1.165) is 25.9 Å². The summed E-state index contributed by atoms with van der Waals surface area (Å²) in [5.74, 6) is 0. The summed E-state index contributed by atoms with van der Waals surface area (Å²) in [6.07, 6.45) is 8.61. The summed E-state index contributed by atoms with van der Waals surface area (Å²) < 4.78 is 4.94. The van der Waals surface area contributed by atoms with Crippen molar-refractivity contribution in [3.05, 3.63) is 0 Å². The van der Waals surface area contributed by atoms with Gasteiger partial charge in [-0.15, -0.1) is 0 Å². The largest absolute Gasteiger partial charge is 0.385 e. The molecule has 0 saturated carbocycles. The van der Waals surface area contributed by atoms with Gasteiger partial charge in [-0.1, -0.05) is 25.7 Å². The first-order chi connectivity index (χ1) is 6.41. The van der Waals surface area contributed by atoms with Gasteiger partial charge >= 0.3 is 0 Å². The molecule has 0 atom stereocenters. The van der Waals surface area contributed by atoms with Crippen LogP contribution in [0.25, 0.3) is 0 Å². The molecule has 0 aliphatic carbocycles. The first-order valence-electron chi connectivity index (χ1n) is 4.94. The monoisotopic (exact) mass is 185 g/mol. The van der Waals surface area contributed by atoms with E-state index in [-0.39, 0.29) is 0 Å². The molecule has 0 aromatic carbocycles. The van der Waals surface area contributed by atoms with Crippen LogP contribution < -0.4 is 0 Å². The van der Waals surface area contributed by atoms with Gasteiger partial charge in [-0.25, -0.2) is 9.79 Å². The number of ether oxygens (including phenoxy) is 1. The molecule has 0 heterocycles. The normalized spacial score (nSPS) is 9.62. The van der Waals surface area contributed by atoms with Crippen molar-refractivity contribution >= 4 is 6.08 Å². The van der Waals surface area contributed by atoms with Crippen molar-refractivity contribution in [3.8, 4) is 0 Å². The Labute approximate surface area is 80.2 Å². The molecule has 0 saturated heterocycles. The maximum absolute atomic E-state index is 9.71. The third-order valence-corrected chi connectivity index (χ3v) is 1.93. The first kappa shape index (κ1) is 12.3. The molecular formula is C10H19NO2. The van der Waals surface area contributed by atoms with E-state index in [0.29, 0.717) is 6.54 Å². The molecule has 0 aromatic rings. The van der Waals surface area contributed by atoms with Crippen LogP contribution in [-0.2, 0) is 9.53 Å². The minimum atomic E-state index is 0.640. The average molecular weight is 185 g/mol. The summed E-state index contributed by atoms with van der Waals surface area (Å²) >= 11 is 0. The zero-order valence-corrected chi connectivity index (χ0v) is 8.42. The van der Waals surface area contributed by atoms with E-state index in [1.807, 2.05) is 0 Å². The van der Waals surface area contributed by atoms with Gasteiger partial charge in [0.2, 0.25) is 6.08 Å². The van der Waals surface area contributed by atoms with Gasteiger partial charge in [0.05, 0.1) is 6.54 Å². The standard InChI is InChI=1S/C10H19NO2/c1-13-9-7-5-3-2-4-6-8-11-10-12/h2-9H2,1H3. The number of hydrogen-bond donors (Lipinski definition) is 0. The Morgan fingerprint density at radius 3 is 2.31 bits per heavy atom. The minimum Gasteiger partial charge on any atom is -0.385 e. The van der Waals surface area contributed by atoms with Crippen LogP contribution in [0.3, 0.4) is 0 Å². The van der Waals surface area contributed by atoms with Crippen LogP contribution in [0.5, 0.6) is 0 Å². The van der Waals surface area contributed by atoms with Gasteiger partial charge in [-0.2, -0.15) is 0 Å². The lowest BCUT2D eigenvalue weighted by atomic mass is 10.1. The molecule has 13 heavy (non-hydrogen) atoms. The molecule has 0 aliphatic rings. The second-order valence-electron chi connectivity index (χ2n) is 3.09. The Morgan fingerprint density at radius 2 is 1.69 bits per heavy atom. The van der Waals surface area contributed by atoms with E-state index in [1.165, 1.54) is 19.3 Å². The fraction of sp³-hybridized carbons (Fsp3) is 0.900. The zero-order chi connectivity index (χ0) is 9.78. The van der Waals surface area contributed by atoms with Crippen molar-refractivity contribution in [1.29, 1.82) is 0 Å². The summed E-state index contributed by atoms with van der Waals surface area (Å²) in [4.78, 5) is 13.2. The van der Waals surface area contributed by atoms with Crippen molar-refractivity contribution in [1.82, 2.24) is 0 Å². The Balaban J connectivity index is 2.87. The van der Waals surface area contributed by atoms with Crippen molar-refractivity contribution in [2.45, 2.75) is 38.5 Å². The van der Waals surface area contributed by atoms with Crippen molar-refractivity contribution in [2.24, 2.45) is 4.99 Å². The smallest absolute Gasteiger partial charge is 0.234 e. The van der Waals surface area contributed by atoms with Gasteiger partial charge in [0.1, 0.15) is 0 Å². The summed E-state index contributed by atoms with van der Waals surface area (Å²) in [5.41, 5.74) is 0. The van der Waals surface area contributed by atoms with Gasteiger partial charge in [-0.3, -0.25) is 0 Å². The molecular weight excluding hydrogens is 166 g/mol. The highest BCUT2D eigenvalue weighted by molar-refractivity contribution is 5.32. The maximum atomic E-state index is 9.71. The average Bonchev–Trinajstić information content (AvgIpc) is 2.16. The van der Waals surface area contributed by atoms with E-state index in [2.05, 4.69) is 4.99 Å². The third kappa shape index (κ3) is 11.3. The number of hydrogen-bond acceptors (Lipinski definition) is 3. The highest BCUT2D eigenvalue weighted by Crippen LogP contribution is 2.05. The number of unbranched alkanes of at least 4 members (excludes halogenated alkanes) is 5. The minimum absolute atomic E-state index is 0.640. The van der Waals surface area contributed by atoms with Crippen molar-refractivity contribution < 1.29 is 9.53 Å². The van der Waals surface area contributed by atoms with Crippen LogP contribution in [0.1, 0.15) is 38.5 Å². The van der Waals surface area contributed by atoms with E-state index in [1.54, 1.807) is 13.2 Å². The van der Waals surface area contributed by atoms with Crippen LogP contribution in [0, 0.1) is 0 Å². The maximum Gasteiger partial charge on any atom is 0.234 e. The molecule has 3 nitrogen and oxygen atoms in total. The highest BCUT2D eigenvalue weighted by atomic mass is 16.5. The first-order valence-corrected chi connectivity index (χ1v) is 4.94. The van der Waals surface area contributed by atoms with E-state index >= 15 is 0 Å². The number of isocyanates is 1. The molecule has 0 spiro atoms. The molecule has 3 heteroatoms.